The predicted octanol–water partition coefficient (Wildman–Crippen LogP) is 3.64. The fourth-order valence-corrected chi connectivity index (χ4v) is 3.92. The SMILES string of the molecule is CCOc1cc(Br)cc(F)c1C1C(=O)C2CCC(C2)C1=O. The summed E-state index contributed by atoms with van der Waals surface area (Å²) >= 11 is 3.22. The molecule has 2 fully saturated rings. The fourth-order valence-electron chi connectivity index (χ4n) is 3.51. The molecule has 2 unspecified atom stereocenters. The third kappa shape index (κ3) is 2.41. The summed E-state index contributed by atoms with van der Waals surface area (Å²) in [5, 5.41) is 0. The second kappa shape index (κ2) is 5.52. The second-order valence-corrected chi connectivity index (χ2v) is 6.59. The number of Topliss-reactive ketones (excluding diaryl/α,β-unsaturated/α-hetero) is 2. The van der Waals surface area contributed by atoms with Gasteiger partial charge in [0.25, 0.3) is 0 Å². The molecule has 5 heteroatoms. The highest BCUT2D eigenvalue weighted by atomic mass is 79.9. The van der Waals surface area contributed by atoms with E-state index in [1.807, 2.05) is 0 Å². The molecule has 112 valence electrons. The highest BCUT2D eigenvalue weighted by Gasteiger charge is 2.49. The molecule has 2 aliphatic rings. The van der Waals surface area contributed by atoms with Crippen molar-refractivity contribution in [1.29, 1.82) is 0 Å². The third-order valence-corrected chi connectivity index (χ3v) is 4.91. The smallest absolute Gasteiger partial charge is 0.151 e. The number of carbonyl (C=O) groups excluding carboxylic acids is 2. The molecule has 2 saturated carbocycles. The van der Waals surface area contributed by atoms with Crippen molar-refractivity contribution in [2.24, 2.45) is 11.8 Å². The summed E-state index contributed by atoms with van der Waals surface area (Å²) in [6, 6.07) is 2.91. The Kier molecular flexibility index (Phi) is 3.86. The van der Waals surface area contributed by atoms with E-state index in [4.69, 9.17) is 4.74 Å². The minimum atomic E-state index is -0.995. The van der Waals surface area contributed by atoms with Gasteiger partial charge in [-0.25, -0.2) is 4.39 Å². The van der Waals surface area contributed by atoms with Crippen molar-refractivity contribution in [3.63, 3.8) is 0 Å². The van der Waals surface area contributed by atoms with E-state index < -0.39 is 11.7 Å². The zero-order valence-electron chi connectivity index (χ0n) is 11.7. The average molecular weight is 355 g/mol. The van der Waals surface area contributed by atoms with Gasteiger partial charge in [-0.05, 0) is 38.3 Å². The van der Waals surface area contributed by atoms with Gasteiger partial charge in [0.05, 0.1) is 6.61 Å². The van der Waals surface area contributed by atoms with Crippen LogP contribution >= 0.6 is 15.9 Å². The molecule has 1 aromatic carbocycles. The highest BCUT2D eigenvalue weighted by Crippen LogP contribution is 2.46. The van der Waals surface area contributed by atoms with E-state index in [1.54, 1.807) is 13.0 Å². The molecule has 0 spiro atoms. The Morgan fingerprint density at radius 3 is 2.43 bits per heavy atom. The van der Waals surface area contributed by atoms with Crippen LogP contribution in [0.25, 0.3) is 0 Å². The van der Waals surface area contributed by atoms with Gasteiger partial charge in [0.1, 0.15) is 17.5 Å². The summed E-state index contributed by atoms with van der Waals surface area (Å²) < 4.78 is 20.4. The monoisotopic (exact) mass is 354 g/mol. The molecule has 2 atom stereocenters. The van der Waals surface area contributed by atoms with Crippen LogP contribution < -0.4 is 4.74 Å². The van der Waals surface area contributed by atoms with Gasteiger partial charge >= 0.3 is 0 Å². The standard InChI is InChI=1S/C16H16BrFO3/c1-2-21-12-7-10(17)6-11(18)13(12)14-15(19)8-3-4-9(5-8)16(14)20/h6-9,14H,2-5H2,1H3. The first-order valence-corrected chi connectivity index (χ1v) is 8.01. The quantitative estimate of drug-likeness (QED) is 0.778. The van der Waals surface area contributed by atoms with Crippen molar-refractivity contribution in [3.8, 4) is 5.75 Å². The molecular formula is C16H16BrFO3. The van der Waals surface area contributed by atoms with Crippen molar-refractivity contribution in [2.75, 3.05) is 6.61 Å². The number of rotatable bonds is 3. The first-order chi connectivity index (χ1) is 10.0. The lowest BCUT2D eigenvalue weighted by molar-refractivity contribution is -0.136. The van der Waals surface area contributed by atoms with Crippen LogP contribution in [0.1, 0.15) is 37.7 Å². The lowest BCUT2D eigenvalue weighted by Gasteiger charge is -2.27. The van der Waals surface area contributed by atoms with Crippen molar-refractivity contribution < 1.29 is 18.7 Å². The van der Waals surface area contributed by atoms with E-state index in [0.717, 1.165) is 12.8 Å². The Morgan fingerprint density at radius 1 is 1.24 bits per heavy atom. The van der Waals surface area contributed by atoms with Crippen LogP contribution in [0.2, 0.25) is 0 Å². The summed E-state index contributed by atoms with van der Waals surface area (Å²) in [4.78, 5) is 25.1. The molecule has 3 rings (SSSR count). The molecule has 1 aromatic rings. The van der Waals surface area contributed by atoms with E-state index in [9.17, 15) is 14.0 Å². The Morgan fingerprint density at radius 2 is 1.86 bits per heavy atom. The molecule has 0 saturated heterocycles. The molecule has 2 aliphatic carbocycles. The minimum Gasteiger partial charge on any atom is -0.493 e. The number of carbonyl (C=O) groups is 2. The Balaban J connectivity index is 2.10. The van der Waals surface area contributed by atoms with Crippen molar-refractivity contribution >= 4 is 27.5 Å². The molecule has 0 N–H and O–H groups in total. The van der Waals surface area contributed by atoms with Gasteiger partial charge in [-0.15, -0.1) is 0 Å². The number of ketones is 2. The first kappa shape index (κ1) is 14.7. The van der Waals surface area contributed by atoms with Crippen LogP contribution in [0.3, 0.4) is 0 Å². The maximum atomic E-state index is 14.4. The van der Waals surface area contributed by atoms with E-state index >= 15 is 0 Å². The molecule has 2 bridgehead atoms. The first-order valence-electron chi connectivity index (χ1n) is 7.22. The van der Waals surface area contributed by atoms with Gasteiger partial charge in [-0.2, -0.15) is 0 Å². The highest BCUT2D eigenvalue weighted by molar-refractivity contribution is 9.10. The number of fused-ring (bicyclic) bond motifs is 2. The van der Waals surface area contributed by atoms with Gasteiger partial charge in [0.15, 0.2) is 11.6 Å². The van der Waals surface area contributed by atoms with Crippen LogP contribution in [0.4, 0.5) is 4.39 Å². The predicted molar refractivity (Wildman–Crippen MR) is 78.9 cm³/mol. The zero-order valence-corrected chi connectivity index (χ0v) is 13.3. The van der Waals surface area contributed by atoms with E-state index in [2.05, 4.69) is 15.9 Å². The van der Waals surface area contributed by atoms with Gasteiger partial charge in [0.2, 0.25) is 0 Å². The van der Waals surface area contributed by atoms with Crippen LogP contribution in [0, 0.1) is 17.7 Å². The summed E-state index contributed by atoms with van der Waals surface area (Å²) in [6.07, 6.45) is 2.12. The maximum Gasteiger partial charge on any atom is 0.151 e. The number of hydrogen-bond acceptors (Lipinski definition) is 3. The number of halogens is 2. The van der Waals surface area contributed by atoms with E-state index in [0.29, 0.717) is 17.5 Å². The Hall–Kier alpha value is -1.23. The lowest BCUT2D eigenvalue weighted by Crippen LogP contribution is -2.35. The van der Waals surface area contributed by atoms with Crippen molar-refractivity contribution in [2.45, 2.75) is 32.1 Å². The molecule has 0 amide bonds. The summed E-state index contributed by atoms with van der Waals surface area (Å²) in [7, 11) is 0. The van der Waals surface area contributed by atoms with Crippen LogP contribution in [0.5, 0.6) is 5.75 Å². The molecule has 0 radical (unpaired) electrons. The lowest BCUT2D eigenvalue weighted by atomic mass is 9.75. The van der Waals surface area contributed by atoms with E-state index in [-0.39, 0.29) is 34.7 Å². The maximum absolute atomic E-state index is 14.4. The van der Waals surface area contributed by atoms with E-state index in [1.165, 1.54) is 6.07 Å². The Bertz CT molecular complexity index is 592. The molecule has 3 nitrogen and oxygen atoms in total. The average Bonchev–Trinajstić information content (AvgIpc) is 2.87. The molecular weight excluding hydrogens is 339 g/mol. The normalized spacial score (nSPS) is 28.0. The zero-order chi connectivity index (χ0) is 15.1. The minimum absolute atomic E-state index is 0.102. The molecule has 21 heavy (non-hydrogen) atoms. The number of hydrogen-bond donors (Lipinski definition) is 0. The third-order valence-electron chi connectivity index (χ3n) is 4.45. The van der Waals surface area contributed by atoms with Crippen molar-refractivity contribution in [3.05, 3.63) is 28.0 Å². The second-order valence-electron chi connectivity index (χ2n) is 5.68. The summed E-state index contributed by atoms with van der Waals surface area (Å²) in [5.41, 5.74) is 0.117. The van der Waals surface area contributed by atoms with Crippen LogP contribution in [0.15, 0.2) is 16.6 Å². The van der Waals surface area contributed by atoms with Gasteiger partial charge in [-0.1, -0.05) is 15.9 Å². The van der Waals surface area contributed by atoms with Crippen LogP contribution in [-0.2, 0) is 9.59 Å². The number of ether oxygens (including phenoxy) is 1. The molecule has 0 heterocycles. The molecule has 0 aromatic heterocycles. The van der Waals surface area contributed by atoms with Gasteiger partial charge in [0, 0.05) is 21.9 Å². The largest absolute Gasteiger partial charge is 0.493 e. The van der Waals surface area contributed by atoms with Gasteiger partial charge in [-0.3, -0.25) is 9.59 Å². The van der Waals surface area contributed by atoms with Gasteiger partial charge < -0.3 is 4.74 Å². The molecule has 0 aliphatic heterocycles. The van der Waals surface area contributed by atoms with Crippen LogP contribution in [-0.4, -0.2) is 18.2 Å². The summed E-state index contributed by atoms with van der Waals surface area (Å²) in [6.45, 7) is 2.14. The van der Waals surface area contributed by atoms with Crippen molar-refractivity contribution in [1.82, 2.24) is 0 Å². The summed E-state index contributed by atoms with van der Waals surface area (Å²) in [5.74, 6) is -1.75. The number of benzene rings is 1. The fraction of sp³-hybridized carbons (Fsp3) is 0.500. The Labute approximate surface area is 131 Å². The topological polar surface area (TPSA) is 43.4 Å².